The Kier molecular flexibility index (Phi) is 2.40. The number of hydrogen-bond donors (Lipinski definition) is 0. The van der Waals surface area contributed by atoms with Crippen LogP contribution in [0.2, 0.25) is 0 Å². The molecule has 1 heterocycles. The molecule has 0 atom stereocenters. The number of nitrogens with zero attached hydrogens (tertiary/aromatic N) is 1. The molecule has 1 aromatic rings. The van der Waals surface area contributed by atoms with E-state index in [4.69, 9.17) is 9.47 Å². The van der Waals surface area contributed by atoms with Gasteiger partial charge in [0.25, 0.3) is 0 Å². The summed E-state index contributed by atoms with van der Waals surface area (Å²) in [6, 6.07) is 1.79. The van der Waals surface area contributed by atoms with Crippen molar-refractivity contribution in [1.29, 1.82) is 0 Å². The molecule has 13 heavy (non-hydrogen) atoms. The predicted octanol–water partition coefficient (Wildman–Crippen LogP) is 2.39. The van der Waals surface area contributed by atoms with Crippen molar-refractivity contribution in [2.24, 2.45) is 0 Å². The van der Waals surface area contributed by atoms with Crippen molar-refractivity contribution in [1.82, 2.24) is 4.98 Å². The van der Waals surface area contributed by atoms with E-state index < -0.39 is 0 Å². The number of halogens is 1. The third-order valence-electron chi connectivity index (χ3n) is 1.85. The summed E-state index contributed by atoms with van der Waals surface area (Å²) >= 11 is 3.33. The highest BCUT2D eigenvalue weighted by Crippen LogP contribution is 2.37. The first-order valence-electron chi connectivity index (χ1n) is 4.16. The lowest BCUT2D eigenvalue weighted by Crippen LogP contribution is -2.00. The van der Waals surface area contributed by atoms with Crippen LogP contribution in [0, 0.1) is 0 Å². The Bertz CT molecular complexity index is 312. The van der Waals surface area contributed by atoms with Gasteiger partial charge in [0.1, 0.15) is 0 Å². The molecule has 1 aromatic heterocycles. The Morgan fingerprint density at radius 3 is 2.92 bits per heavy atom. The lowest BCUT2D eigenvalue weighted by molar-refractivity contribution is 0.278. The minimum absolute atomic E-state index is 0.356. The number of hydrogen-bond acceptors (Lipinski definition) is 3. The van der Waals surface area contributed by atoms with Crippen molar-refractivity contribution >= 4 is 15.9 Å². The summed E-state index contributed by atoms with van der Waals surface area (Å²) < 4.78 is 11.5. The Morgan fingerprint density at radius 2 is 2.31 bits per heavy atom. The lowest BCUT2D eigenvalue weighted by Gasteiger charge is -2.10. The molecule has 1 fully saturated rings. The molecule has 1 aliphatic rings. The van der Waals surface area contributed by atoms with Gasteiger partial charge in [-0.2, -0.15) is 0 Å². The van der Waals surface area contributed by atoms with E-state index in [0.717, 1.165) is 18.6 Å². The molecule has 0 radical (unpaired) electrons. The van der Waals surface area contributed by atoms with Gasteiger partial charge in [0.2, 0.25) is 0 Å². The van der Waals surface area contributed by atoms with Crippen molar-refractivity contribution < 1.29 is 9.47 Å². The molecule has 0 spiro atoms. The Labute approximate surface area is 85.2 Å². The summed E-state index contributed by atoms with van der Waals surface area (Å²) in [5.41, 5.74) is 0. The maximum atomic E-state index is 5.64. The van der Waals surface area contributed by atoms with Crippen LogP contribution in [0.1, 0.15) is 12.8 Å². The van der Waals surface area contributed by atoms with E-state index in [1.165, 1.54) is 0 Å². The summed E-state index contributed by atoms with van der Waals surface area (Å²) in [6.07, 6.45) is 4.30. The first-order chi connectivity index (χ1) is 6.31. The molecule has 1 aliphatic carbocycles. The topological polar surface area (TPSA) is 31.4 Å². The Hall–Kier alpha value is -0.770. The second-order valence-corrected chi connectivity index (χ2v) is 3.70. The smallest absolute Gasteiger partial charge is 0.194 e. The number of pyridine rings is 1. The molecule has 0 saturated heterocycles. The maximum absolute atomic E-state index is 5.64. The third-order valence-corrected chi connectivity index (χ3v) is 2.42. The average molecular weight is 244 g/mol. The molecule has 0 N–H and O–H groups in total. The van der Waals surface area contributed by atoms with Gasteiger partial charge >= 0.3 is 0 Å². The van der Waals surface area contributed by atoms with E-state index in [9.17, 15) is 0 Å². The normalized spacial score (nSPS) is 15.5. The van der Waals surface area contributed by atoms with Gasteiger partial charge in [-0.1, -0.05) is 0 Å². The fourth-order valence-corrected chi connectivity index (χ4v) is 1.43. The van der Waals surface area contributed by atoms with Gasteiger partial charge in [0.15, 0.2) is 16.1 Å². The van der Waals surface area contributed by atoms with Crippen LogP contribution in [0.4, 0.5) is 0 Å². The van der Waals surface area contributed by atoms with Crippen LogP contribution in [-0.2, 0) is 0 Å². The van der Waals surface area contributed by atoms with Gasteiger partial charge in [-0.25, -0.2) is 4.98 Å². The van der Waals surface area contributed by atoms with E-state index in [1.807, 2.05) is 0 Å². The minimum Gasteiger partial charge on any atom is -0.493 e. The summed E-state index contributed by atoms with van der Waals surface area (Å²) in [6.45, 7) is 0. The summed E-state index contributed by atoms with van der Waals surface area (Å²) in [7, 11) is 1.63. The average Bonchev–Trinajstić information content (AvgIpc) is 2.92. The fraction of sp³-hybridized carbons (Fsp3) is 0.444. The predicted molar refractivity (Wildman–Crippen MR) is 52.1 cm³/mol. The molecule has 0 bridgehead atoms. The van der Waals surface area contributed by atoms with Crippen LogP contribution in [0.3, 0.4) is 0 Å². The first kappa shape index (κ1) is 8.81. The van der Waals surface area contributed by atoms with E-state index in [2.05, 4.69) is 20.9 Å². The zero-order valence-electron chi connectivity index (χ0n) is 7.29. The zero-order valence-corrected chi connectivity index (χ0v) is 8.87. The number of methoxy groups -OCH3 is 1. The van der Waals surface area contributed by atoms with Gasteiger partial charge in [-0.05, 0) is 28.8 Å². The number of ether oxygens (including phenoxy) is 2. The Morgan fingerprint density at radius 1 is 1.54 bits per heavy atom. The van der Waals surface area contributed by atoms with Crippen LogP contribution in [0.25, 0.3) is 0 Å². The summed E-state index contributed by atoms with van der Waals surface area (Å²) in [5, 5.41) is 0. The van der Waals surface area contributed by atoms with Crippen LogP contribution >= 0.6 is 15.9 Å². The molecule has 1 saturated carbocycles. The maximum Gasteiger partial charge on any atom is 0.194 e. The lowest BCUT2D eigenvalue weighted by atomic mass is 10.4. The first-order valence-corrected chi connectivity index (χ1v) is 4.95. The quantitative estimate of drug-likeness (QED) is 0.765. The Balaban J connectivity index is 2.27. The molecule has 2 rings (SSSR count). The van der Waals surface area contributed by atoms with Gasteiger partial charge in [0.05, 0.1) is 13.2 Å². The molecule has 4 heteroatoms. The molecule has 3 nitrogen and oxygen atoms in total. The minimum atomic E-state index is 0.356. The summed E-state index contributed by atoms with van der Waals surface area (Å²) in [5.74, 6) is 1.45. The van der Waals surface area contributed by atoms with Gasteiger partial charge in [0, 0.05) is 12.3 Å². The second-order valence-electron chi connectivity index (χ2n) is 2.95. The monoisotopic (exact) mass is 243 g/mol. The van der Waals surface area contributed by atoms with Crippen LogP contribution in [0.5, 0.6) is 11.5 Å². The highest BCUT2D eigenvalue weighted by Gasteiger charge is 2.26. The zero-order chi connectivity index (χ0) is 9.26. The van der Waals surface area contributed by atoms with Gasteiger partial charge < -0.3 is 9.47 Å². The standard InChI is InChI=1S/C9H10BrNO2/c1-12-7-4-5-11-9(10)8(7)13-6-2-3-6/h4-6H,2-3H2,1H3. The molecule has 0 aliphatic heterocycles. The highest BCUT2D eigenvalue weighted by molar-refractivity contribution is 9.10. The van der Waals surface area contributed by atoms with Crippen LogP contribution in [0.15, 0.2) is 16.9 Å². The van der Waals surface area contributed by atoms with Crippen molar-refractivity contribution in [2.75, 3.05) is 7.11 Å². The largest absolute Gasteiger partial charge is 0.493 e. The highest BCUT2D eigenvalue weighted by atomic mass is 79.9. The molecule has 0 aromatic carbocycles. The SMILES string of the molecule is COc1ccnc(Br)c1OC1CC1. The molecule has 0 unspecified atom stereocenters. The van der Waals surface area contributed by atoms with E-state index in [0.29, 0.717) is 16.5 Å². The molecule has 70 valence electrons. The van der Waals surface area contributed by atoms with E-state index >= 15 is 0 Å². The number of rotatable bonds is 3. The molecular formula is C9H10BrNO2. The third kappa shape index (κ3) is 1.94. The van der Waals surface area contributed by atoms with E-state index in [-0.39, 0.29) is 0 Å². The van der Waals surface area contributed by atoms with Crippen LogP contribution < -0.4 is 9.47 Å². The van der Waals surface area contributed by atoms with Crippen molar-refractivity contribution in [3.63, 3.8) is 0 Å². The van der Waals surface area contributed by atoms with Gasteiger partial charge in [-0.15, -0.1) is 0 Å². The van der Waals surface area contributed by atoms with Crippen LogP contribution in [-0.4, -0.2) is 18.2 Å². The fourth-order valence-electron chi connectivity index (χ4n) is 1.03. The van der Waals surface area contributed by atoms with Crippen molar-refractivity contribution in [3.8, 4) is 11.5 Å². The summed E-state index contributed by atoms with van der Waals surface area (Å²) in [4.78, 5) is 4.08. The van der Waals surface area contributed by atoms with E-state index in [1.54, 1.807) is 19.4 Å². The number of aromatic nitrogens is 1. The van der Waals surface area contributed by atoms with Gasteiger partial charge in [-0.3, -0.25) is 0 Å². The second kappa shape index (κ2) is 3.54. The van der Waals surface area contributed by atoms with Crippen molar-refractivity contribution in [2.45, 2.75) is 18.9 Å². The van der Waals surface area contributed by atoms with Crippen molar-refractivity contribution in [3.05, 3.63) is 16.9 Å². The molecular weight excluding hydrogens is 234 g/mol. The molecule has 0 amide bonds.